The summed E-state index contributed by atoms with van der Waals surface area (Å²) in [7, 11) is 0. The molecule has 1 aliphatic rings. The molecule has 1 saturated heterocycles. The van der Waals surface area contributed by atoms with E-state index in [-0.39, 0.29) is 0 Å². The van der Waals surface area contributed by atoms with Gasteiger partial charge < -0.3 is 34.7 Å². The maximum absolute atomic E-state index is 11.5. The fraction of sp³-hybridized carbons (Fsp3) is 0.667. The van der Waals surface area contributed by atoms with Crippen molar-refractivity contribution in [1.82, 2.24) is 5.32 Å². The lowest BCUT2D eigenvalue weighted by Gasteiger charge is -2.44. The monoisotopic (exact) mass is 390 g/mol. The van der Waals surface area contributed by atoms with Gasteiger partial charge in [-0.3, -0.25) is 19.2 Å². The number of carbonyl (C=O) groups is 5. The average molecular weight is 390 g/mol. The molecule has 0 aromatic rings. The fourth-order valence-electron chi connectivity index (χ4n) is 2.48. The molecule has 2 amide bonds. The summed E-state index contributed by atoms with van der Waals surface area (Å²) in [6, 6.07) is -1.02. The Labute approximate surface area is 154 Å². The van der Waals surface area contributed by atoms with Crippen LogP contribution in [0.25, 0.3) is 0 Å². The van der Waals surface area contributed by atoms with Crippen LogP contribution in [0.2, 0.25) is 0 Å². The minimum Gasteiger partial charge on any atom is -0.463 e. The Hall–Kier alpha value is -2.89. The number of hydrogen-bond acceptors (Lipinski definition) is 10. The van der Waals surface area contributed by atoms with Crippen molar-refractivity contribution in [3.8, 4) is 0 Å². The smallest absolute Gasteiger partial charge is 0.314 e. The zero-order valence-corrected chi connectivity index (χ0v) is 15.3. The molecule has 0 bridgehead atoms. The summed E-state index contributed by atoms with van der Waals surface area (Å²) < 4.78 is 25.8. The molecular formula is C15H22N2O10. The van der Waals surface area contributed by atoms with Gasteiger partial charge in [-0.1, -0.05) is 0 Å². The molecule has 0 radical (unpaired) electrons. The molecule has 0 spiro atoms. The molecule has 3 N–H and O–H groups in total. The van der Waals surface area contributed by atoms with Gasteiger partial charge >= 0.3 is 29.9 Å². The lowest BCUT2D eigenvalue weighted by Crippen LogP contribution is -2.66. The molecule has 152 valence electrons. The highest BCUT2D eigenvalue weighted by Gasteiger charge is 2.52. The van der Waals surface area contributed by atoms with Crippen LogP contribution in [0.3, 0.4) is 0 Å². The molecule has 12 heteroatoms. The van der Waals surface area contributed by atoms with Gasteiger partial charge in [0.15, 0.2) is 24.5 Å². The van der Waals surface area contributed by atoms with E-state index in [1.807, 2.05) is 0 Å². The largest absolute Gasteiger partial charge is 0.463 e. The minimum absolute atomic E-state index is 0.394. The number of nitrogens with one attached hydrogen (secondary N) is 1. The number of ether oxygens (including phenoxy) is 5. The zero-order chi connectivity index (χ0) is 20.7. The van der Waals surface area contributed by atoms with Crippen LogP contribution in [0.4, 0.5) is 4.79 Å². The van der Waals surface area contributed by atoms with Crippen molar-refractivity contribution in [2.45, 2.75) is 58.3 Å². The number of urea groups is 1. The van der Waals surface area contributed by atoms with Gasteiger partial charge in [-0.2, -0.15) is 0 Å². The molecule has 5 atom stereocenters. The second kappa shape index (κ2) is 9.71. The maximum Gasteiger partial charge on any atom is 0.314 e. The number of rotatable bonds is 6. The Bertz CT molecular complexity index is 607. The van der Waals surface area contributed by atoms with E-state index in [9.17, 15) is 24.0 Å². The van der Waals surface area contributed by atoms with E-state index < -0.39 is 67.2 Å². The molecule has 0 aliphatic carbocycles. The summed E-state index contributed by atoms with van der Waals surface area (Å²) in [6.07, 6.45) is -6.53. The van der Waals surface area contributed by atoms with Gasteiger partial charge in [-0.25, -0.2) is 4.79 Å². The standard InChI is InChI=1S/C15H22N2O10/c1-6(18)23-5-10-11(24-7(2)19)12(25-8(3)20)13(26-9(4)21)14(27-10)17-15(16)22/h10-14H,5H2,1-4H3,(H3,16,17,22)/t10-,11-,12+,13-,14-/m0/s1. The predicted octanol–water partition coefficient (Wildman–Crippen LogP) is -1.26. The summed E-state index contributed by atoms with van der Waals surface area (Å²) >= 11 is 0. The van der Waals surface area contributed by atoms with Crippen LogP contribution >= 0.6 is 0 Å². The molecule has 0 aromatic heterocycles. The Morgan fingerprint density at radius 2 is 1.30 bits per heavy atom. The second-order valence-electron chi connectivity index (χ2n) is 5.63. The Balaban J connectivity index is 3.29. The van der Waals surface area contributed by atoms with Crippen LogP contribution in [-0.2, 0) is 42.9 Å². The summed E-state index contributed by atoms with van der Waals surface area (Å²) in [5.41, 5.74) is 5.10. The Morgan fingerprint density at radius 1 is 0.815 bits per heavy atom. The van der Waals surface area contributed by atoms with Crippen molar-refractivity contribution < 1.29 is 47.7 Å². The van der Waals surface area contributed by atoms with Crippen molar-refractivity contribution in [3.05, 3.63) is 0 Å². The molecule has 12 nitrogen and oxygen atoms in total. The first kappa shape index (κ1) is 22.2. The summed E-state index contributed by atoms with van der Waals surface area (Å²) in [6.45, 7) is 4.02. The Morgan fingerprint density at radius 3 is 1.74 bits per heavy atom. The quantitative estimate of drug-likeness (QED) is 0.412. The molecule has 0 aromatic carbocycles. The van der Waals surface area contributed by atoms with Crippen molar-refractivity contribution in [3.63, 3.8) is 0 Å². The lowest BCUT2D eigenvalue weighted by molar-refractivity contribution is -0.255. The molecular weight excluding hydrogens is 368 g/mol. The van der Waals surface area contributed by atoms with Gasteiger partial charge in [0.1, 0.15) is 12.7 Å². The molecule has 1 heterocycles. The third-order valence-corrected chi connectivity index (χ3v) is 3.28. The highest BCUT2D eigenvalue weighted by Crippen LogP contribution is 2.28. The average Bonchev–Trinajstić information content (AvgIpc) is 2.49. The molecule has 0 unspecified atom stereocenters. The first-order valence-corrected chi connectivity index (χ1v) is 7.87. The van der Waals surface area contributed by atoms with Gasteiger partial charge in [-0.15, -0.1) is 0 Å². The van der Waals surface area contributed by atoms with Crippen LogP contribution in [-0.4, -0.2) is 67.2 Å². The van der Waals surface area contributed by atoms with Gasteiger partial charge in [0.05, 0.1) is 0 Å². The summed E-state index contributed by atoms with van der Waals surface area (Å²) in [5, 5.41) is 2.20. The number of hydrogen-bond donors (Lipinski definition) is 2. The van der Waals surface area contributed by atoms with E-state index in [0.29, 0.717) is 0 Å². The normalized spacial score (nSPS) is 27.0. The van der Waals surface area contributed by atoms with E-state index in [1.54, 1.807) is 0 Å². The summed E-state index contributed by atoms with van der Waals surface area (Å²) in [4.78, 5) is 56.9. The van der Waals surface area contributed by atoms with E-state index in [4.69, 9.17) is 29.4 Å². The van der Waals surface area contributed by atoms with E-state index >= 15 is 0 Å². The van der Waals surface area contributed by atoms with Crippen molar-refractivity contribution >= 4 is 29.9 Å². The van der Waals surface area contributed by atoms with Crippen LogP contribution in [0.15, 0.2) is 0 Å². The van der Waals surface area contributed by atoms with Crippen molar-refractivity contribution in [1.29, 1.82) is 0 Å². The number of nitrogens with two attached hydrogens (primary N) is 1. The number of carbonyl (C=O) groups excluding carboxylic acids is 5. The minimum atomic E-state index is -1.38. The third kappa shape index (κ3) is 7.09. The Kier molecular flexibility index (Phi) is 7.97. The van der Waals surface area contributed by atoms with Crippen LogP contribution < -0.4 is 11.1 Å². The molecule has 0 saturated carbocycles. The topological polar surface area (TPSA) is 170 Å². The first-order chi connectivity index (χ1) is 12.5. The number of esters is 4. The number of amides is 2. The summed E-state index contributed by atoms with van der Waals surface area (Å²) in [5.74, 6) is -2.96. The van der Waals surface area contributed by atoms with Gasteiger partial charge in [-0.05, 0) is 0 Å². The number of primary amides is 1. The maximum atomic E-state index is 11.5. The van der Waals surface area contributed by atoms with Crippen LogP contribution in [0.5, 0.6) is 0 Å². The van der Waals surface area contributed by atoms with Crippen LogP contribution in [0, 0.1) is 0 Å². The SMILES string of the molecule is CC(=O)OC[C@@H]1O[C@H](NC(N)=O)[C@@H](OC(C)=O)[C@H](OC(C)=O)[C@H]1OC(C)=O. The van der Waals surface area contributed by atoms with Gasteiger partial charge in [0.25, 0.3) is 0 Å². The van der Waals surface area contributed by atoms with E-state index in [0.717, 1.165) is 27.7 Å². The van der Waals surface area contributed by atoms with Crippen LogP contribution in [0.1, 0.15) is 27.7 Å². The molecule has 1 fully saturated rings. The lowest BCUT2D eigenvalue weighted by atomic mass is 9.97. The third-order valence-electron chi connectivity index (χ3n) is 3.28. The second-order valence-corrected chi connectivity index (χ2v) is 5.63. The van der Waals surface area contributed by atoms with Crippen molar-refractivity contribution in [2.24, 2.45) is 5.73 Å². The highest BCUT2D eigenvalue weighted by atomic mass is 16.7. The van der Waals surface area contributed by atoms with E-state index in [2.05, 4.69) is 5.32 Å². The van der Waals surface area contributed by atoms with Crippen molar-refractivity contribution in [2.75, 3.05) is 6.61 Å². The molecule has 27 heavy (non-hydrogen) atoms. The molecule has 1 rings (SSSR count). The highest BCUT2D eigenvalue weighted by molar-refractivity contribution is 5.72. The zero-order valence-electron chi connectivity index (χ0n) is 15.3. The molecule has 1 aliphatic heterocycles. The fourth-order valence-corrected chi connectivity index (χ4v) is 2.48. The van der Waals surface area contributed by atoms with Gasteiger partial charge in [0.2, 0.25) is 0 Å². The predicted molar refractivity (Wildman–Crippen MR) is 84.7 cm³/mol. The first-order valence-electron chi connectivity index (χ1n) is 7.87. The van der Waals surface area contributed by atoms with E-state index in [1.165, 1.54) is 0 Å². The van der Waals surface area contributed by atoms with Gasteiger partial charge in [0, 0.05) is 27.7 Å².